The minimum atomic E-state index is 1.02. The average Bonchev–Trinajstić information content (AvgIpc) is 2.83. The molecule has 4 rings (SSSR count). The number of piperazine rings is 2. The molecule has 0 bridgehead atoms. The molecule has 2 aromatic rings. The van der Waals surface area contributed by atoms with Gasteiger partial charge in [0.25, 0.3) is 0 Å². The van der Waals surface area contributed by atoms with E-state index in [4.69, 9.17) is 0 Å². The van der Waals surface area contributed by atoms with E-state index in [0.717, 1.165) is 71.1 Å². The van der Waals surface area contributed by atoms with Gasteiger partial charge in [-0.05, 0) is 43.4 Å². The fraction of sp³-hybridized carbons (Fsp3) is 0.500. The highest BCUT2D eigenvalue weighted by Gasteiger charge is 2.22. The Labute approximate surface area is 181 Å². The molecular weight excluding hydrogens is 372 g/mol. The molecule has 0 saturated carbocycles. The van der Waals surface area contributed by atoms with Crippen LogP contribution in [0.5, 0.6) is 0 Å². The molecule has 30 heavy (non-hydrogen) atoms. The van der Waals surface area contributed by atoms with Gasteiger partial charge >= 0.3 is 0 Å². The van der Waals surface area contributed by atoms with Gasteiger partial charge in [-0.3, -0.25) is 5.43 Å². The van der Waals surface area contributed by atoms with E-state index < -0.39 is 0 Å². The van der Waals surface area contributed by atoms with Gasteiger partial charge in [-0.2, -0.15) is 5.01 Å². The minimum absolute atomic E-state index is 1.02. The van der Waals surface area contributed by atoms with Crippen LogP contribution in [-0.2, 0) is 0 Å². The molecule has 0 amide bonds. The molecule has 0 aliphatic carbocycles. The van der Waals surface area contributed by atoms with Crippen LogP contribution in [0.4, 0.5) is 17.1 Å². The molecule has 2 aromatic carbocycles. The highest BCUT2D eigenvalue weighted by atomic mass is 15.8. The Bertz CT molecular complexity index is 766. The zero-order chi connectivity index (χ0) is 20.8. The number of likely N-dealkylation sites (N-methyl/N-ethyl adjacent to an activating group) is 2. The van der Waals surface area contributed by atoms with Crippen molar-refractivity contribution in [3.05, 3.63) is 54.6 Å². The summed E-state index contributed by atoms with van der Waals surface area (Å²) in [7, 11) is 0. The summed E-state index contributed by atoms with van der Waals surface area (Å²) in [6.07, 6.45) is 0. The Kier molecular flexibility index (Phi) is 7.10. The van der Waals surface area contributed by atoms with Crippen LogP contribution >= 0.6 is 0 Å². The number of nitrogens with one attached hydrogen (secondary N) is 1. The molecule has 6 nitrogen and oxygen atoms in total. The van der Waals surface area contributed by atoms with Gasteiger partial charge in [0.1, 0.15) is 0 Å². The third-order valence-electron chi connectivity index (χ3n) is 6.35. The highest BCUT2D eigenvalue weighted by Crippen LogP contribution is 2.24. The lowest BCUT2D eigenvalue weighted by Gasteiger charge is -2.42. The number of rotatable bonds is 7. The molecule has 1 N–H and O–H groups in total. The van der Waals surface area contributed by atoms with E-state index in [0.29, 0.717) is 0 Å². The lowest BCUT2D eigenvalue weighted by atomic mass is 10.2. The zero-order valence-electron chi connectivity index (χ0n) is 18.5. The van der Waals surface area contributed by atoms with Crippen molar-refractivity contribution >= 4 is 17.1 Å². The Balaban J connectivity index is 1.49. The molecule has 2 saturated heterocycles. The first-order valence-electron chi connectivity index (χ1n) is 11.4. The summed E-state index contributed by atoms with van der Waals surface area (Å²) in [4.78, 5) is 7.53. The number of anilines is 3. The summed E-state index contributed by atoms with van der Waals surface area (Å²) in [6, 6.07) is 19.5. The van der Waals surface area contributed by atoms with Crippen molar-refractivity contribution in [2.24, 2.45) is 0 Å². The number of hydrazine groups is 2. The van der Waals surface area contributed by atoms with Crippen LogP contribution in [0.25, 0.3) is 0 Å². The van der Waals surface area contributed by atoms with Crippen LogP contribution in [0.15, 0.2) is 54.6 Å². The summed E-state index contributed by atoms with van der Waals surface area (Å²) >= 11 is 0. The second-order valence-electron chi connectivity index (χ2n) is 8.12. The molecule has 0 radical (unpaired) electrons. The van der Waals surface area contributed by atoms with Crippen LogP contribution in [0.1, 0.15) is 13.8 Å². The minimum Gasteiger partial charge on any atom is -0.369 e. The summed E-state index contributed by atoms with van der Waals surface area (Å²) in [5, 5.41) is 4.66. The van der Waals surface area contributed by atoms with E-state index in [1.165, 1.54) is 11.4 Å². The number of hydrogen-bond acceptors (Lipinski definition) is 6. The Morgan fingerprint density at radius 1 is 0.733 bits per heavy atom. The van der Waals surface area contributed by atoms with Crippen LogP contribution in [0.3, 0.4) is 0 Å². The summed E-state index contributed by atoms with van der Waals surface area (Å²) < 4.78 is 0. The van der Waals surface area contributed by atoms with Gasteiger partial charge in [-0.25, -0.2) is 5.12 Å². The van der Waals surface area contributed by atoms with Gasteiger partial charge in [0.05, 0.1) is 11.4 Å². The lowest BCUT2D eigenvalue weighted by molar-refractivity contribution is 0.132. The first-order valence-corrected chi connectivity index (χ1v) is 11.4. The summed E-state index contributed by atoms with van der Waals surface area (Å²) in [6.45, 7) is 15.5. The first kappa shape index (κ1) is 21.0. The molecule has 0 atom stereocenters. The molecular formula is C24H36N6. The van der Waals surface area contributed by atoms with Gasteiger partial charge in [-0.1, -0.05) is 38.1 Å². The van der Waals surface area contributed by atoms with Crippen molar-refractivity contribution in [1.82, 2.24) is 14.8 Å². The van der Waals surface area contributed by atoms with E-state index in [1.54, 1.807) is 0 Å². The predicted molar refractivity (Wildman–Crippen MR) is 127 cm³/mol. The molecule has 0 aromatic heterocycles. The van der Waals surface area contributed by atoms with Crippen LogP contribution in [0, 0.1) is 0 Å². The maximum absolute atomic E-state index is 3.70. The van der Waals surface area contributed by atoms with Crippen molar-refractivity contribution in [1.29, 1.82) is 0 Å². The van der Waals surface area contributed by atoms with E-state index in [2.05, 4.69) is 98.7 Å². The maximum atomic E-state index is 3.70. The molecule has 2 aliphatic heterocycles. The molecule has 2 aliphatic rings. The third kappa shape index (κ3) is 5.06. The molecule has 6 heteroatoms. The summed E-state index contributed by atoms with van der Waals surface area (Å²) in [5.41, 5.74) is 7.31. The van der Waals surface area contributed by atoms with E-state index in [9.17, 15) is 0 Å². The fourth-order valence-electron chi connectivity index (χ4n) is 4.34. The van der Waals surface area contributed by atoms with Crippen molar-refractivity contribution in [3.63, 3.8) is 0 Å². The van der Waals surface area contributed by atoms with Crippen molar-refractivity contribution in [2.75, 3.05) is 80.9 Å². The van der Waals surface area contributed by atoms with E-state index >= 15 is 0 Å². The van der Waals surface area contributed by atoms with Crippen LogP contribution < -0.4 is 15.4 Å². The van der Waals surface area contributed by atoms with Crippen LogP contribution in [-0.4, -0.2) is 80.3 Å². The molecule has 2 heterocycles. The van der Waals surface area contributed by atoms with Crippen molar-refractivity contribution in [2.45, 2.75) is 13.8 Å². The normalized spacial score (nSPS) is 19.1. The standard InChI is InChI=1S/C24H36N6/c1-3-26-13-17-28(18-14-26)24-12-8-9-22(21-24)25-30(23-10-6-5-7-11-23)29-19-15-27(4-2)16-20-29/h5-12,21,25H,3-4,13-20H2,1-2H3. The van der Waals surface area contributed by atoms with Gasteiger partial charge in [0, 0.05) is 58.0 Å². The topological polar surface area (TPSA) is 28.2 Å². The van der Waals surface area contributed by atoms with E-state index in [-0.39, 0.29) is 0 Å². The number of nitrogens with zero attached hydrogens (tertiary/aromatic N) is 5. The zero-order valence-corrected chi connectivity index (χ0v) is 18.5. The largest absolute Gasteiger partial charge is 0.369 e. The third-order valence-corrected chi connectivity index (χ3v) is 6.35. The van der Waals surface area contributed by atoms with Crippen molar-refractivity contribution in [3.8, 4) is 0 Å². The molecule has 162 valence electrons. The predicted octanol–water partition coefficient (Wildman–Crippen LogP) is 3.21. The quantitative estimate of drug-likeness (QED) is 0.708. The number of para-hydroxylation sites is 1. The first-order chi connectivity index (χ1) is 14.8. The lowest BCUT2D eigenvalue weighted by Crippen LogP contribution is -2.55. The fourth-order valence-corrected chi connectivity index (χ4v) is 4.34. The number of hydrogen-bond donors (Lipinski definition) is 1. The number of benzene rings is 2. The van der Waals surface area contributed by atoms with Crippen molar-refractivity contribution < 1.29 is 0 Å². The molecule has 0 unspecified atom stereocenters. The SMILES string of the molecule is CCN1CCN(c2cccc(NN(c3ccccc3)N3CCN(CC)CC3)c2)CC1. The Hall–Kier alpha value is -2.28. The smallest absolute Gasteiger partial charge is 0.0759 e. The second kappa shape index (κ2) is 10.2. The van der Waals surface area contributed by atoms with Gasteiger partial charge < -0.3 is 14.7 Å². The maximum Gasteiger partial charge on any atom is 0.0759 e. The molecule has 0 spiro atoms. The second-order valence-corrected chi connectivity index (χ2v) is 8.12. The molecule has 2 fully saturated rings. The average molecular weight is 409 g/mol. The van der Waals surface area contributed by atoms with Crippen LogP contribution in [0.2, 0.25) is 0 Å². The van der Waals surface area contributed by atoms with Gasteiger partial charge in [0.2, 0.25) is 0 Å². The van der Waals surface area contributed by atoms with Gasteiger partial charge in [0.15, 0.2) is 0 Å². The van der Waals surface area contributed by atoms with Gasteiger partial charge in [-0.15, -0.1) is 0 Å². The monoisotopic (exact) mass is 408 g/mol. The Morgan fingerprint density at radius 2 is 1.37 bits per heavy atom. The summed E-state index contributed by atoms with van der Waals surface area (Å²) in [5.74, 6) is 0. The highest BCUT2D eigenvalue weighted by molar-refractivity contribution is 5.61. The van der Waals surface area contributed by atoms with E-state index in [1.807, 2.05) is 0 Å². The Morgan fingerprint density at radius 3 is 2.00 bits per heavy atom.